The van der Waals surface area contributed by atoms with E-state index in [4.69, 9.17) is 0 Å². The predicted octanol–water partition coefficient (Wildman–Crippen LogP) is 2.00. The molecule has 1 aromatic rings. The maximum Gasteiger partial charge on any atom is 0.149 e. The lowest BCUT2D eigenvalue weighted by atomic mass is 9.94. The van der Waals surface area contributed by atoms with Gasteiger partial charge in [-0.25, -0.2) is 0 Å². The van der Waals surface area contributed by atoms with E-state index in [-0.39, 0.29) is 17.5 Å². The summed E-state index contributed by atoms with van der Waals surface area (Å²) in [6.45, 7) is 2.93. The van der Waals surface area contributed by atoms with Gasteiger partial charge in [-0.1, -0.05) is 0 Å². The standard InChI is InChI=1S/C10H12N2O2/c1-6-8-5-10(13)9(12-14)4-7(8)2-3-11-6/h4-6,11,13H,2-3H2,1H3. The normalized spacial score (nSPS) is 20.2. The molecule has 2 N–H and O–H groups in total. The van der Waals surface area contributed by atoms with E-state index in [1.807, 2.05) is 6.92 Å². The molecule has 2 rings (SSSR count). The van der Waals surface area contributed by atoms with Gasteiger partial charge in [0.1, 0.15) is 11.4 Å². The molecule has 0 aromatic heterocycles. The molecule has 1 aromatic carbocycles. The van der Waals surface area contributed by atoms with Crippen LogP contribution in [0.1, 0.15) is 24.1 Å². The molecule has 1 aliphatic rings. The fourth-order valence-corrected chi connectivity index (χ4v) is 1.86. The number of phenols is 1. The molecule has 0 radical (unpaired) electrons. The lowest BCUT2D eigenvalue weighted by Gasteiger charge is -2.24. The minimum absolute atomic E-state index is 0.0331. The van der Waals surface area contributed by atoms with Crippen LogP contribution in [0.5, 0.6) is 5.75 Å². The summed E-state index contributed by atoms with van der Waals surface area (Å²) in [7, 11) is 0. The molecule has 0 saturated carbocycles. The molecule has 1 aliphatic heterocycles. The Labute approximate surface area is 81.9 Å². The number of benzene rings is 1. The van der Waals surface area contributed by atoms with E-state index in [9.17, 15) is 10.0 Å². The second-order valence-corrected chi connectivity index (χ2v) is 3.56. The third-order valence-electron chi connectivity index (χ3n) is 2.65. The zero-order valence-corrected chi connectivity index (χ0v) is 7.95. The highest BCUT2D eigenvalue weighted by molar-refractivity contribution is 5.56. The van der Waals surface area contributed by atoms with Crippen molar-refractivity contribution in [2.45, 2.75) is 19.4 Å². The summed E-state index contributed by atoms with van der Waals surface area (Å²) >= 11 is 0. The molecule has 0 spiro atoms. The van der Waals surface area contributed by atoms with Crippen LogP contribution in [-0.2, 0) is 6.42 Å². The molecule has 1 heterocycles. The molecule has 14 heavy (non-hydrogen) atoms. The summed E-state index contributed by atoms with van der Waals surface area (Å²) in [5.41, 5.74) is 2.29. The van der Waals surface area contributed by atoms with E-state index in [0.29, 0.717) is 0 Å². The maximum absolute atomic E-state index is 10.4. The molecule has 0 fully saturated rings. The van der Waals surface area contributed by atoms with Crippen LogP contribution in [-0.4, -0.2) is 11.7 Å². The molecule has 0 bridgehead atoms. The summed E-state index contributed by atoms with van der Waals surface area (Å²) in [4.78, 5) is 10.4. The van der Waals surface area contributed by atoms with E-state index >= 15 is 0 Å². The minimum atomic E-state index is -0.0331. The van der Waals surface area contributed by atoms with Crippen LogP contribution >= 0.6 is 0 Å². The SMILES string of the molecule is CC1NCCc2cc(N=O)c(O)cc21. The van der Waals surface area contributed by atoms with Crippen LogP contribution in [0.15, 0.2) is 17.3 Å². The molecule has 0 saturated heterocycles. The Morgan fingerprint density at radius 3 is 3.07 bits per heavy atom. The molecule has 74 valence electrons. The van der Waals surface area contributed by atoms with E-state index in [2.05, 4.69) is 10.5 Å². The number of hydrogen-bond acceptors (Lipinski definition) is 4. The van der Waals surface area contributed by atoms with Gasteiger partial charge in [-0.3, -0.25) is 0 Å². The van der Waals surface area contributed by atoms with Gasteiger partial charge < -0.3 is 10.4 Å². The summed E-state index contributed by atoms with van der Waals surface area (Å²) in [5.74, 6) is -0.0331. The van der Waals surface area contributed by atoms with Gasteiger partial charge in [0.05, 0.1) is 0 Å². The third kappa shape index (κ3) is 1.37. The Hall–Kier alpha value is -1.42. The van der Waals surface area contributed by atoms with Gasteiger partial charge in [-0.15, -0.1) is 4.91 Å². The van der Waals surface area contributed by atoms with E-state index in [0.717, 1.165) is 24.1 Å². The van der Waals surface area contributed by atoms with Gasteiger partial charge in [-0.2, -0.15) is 0 Å². The van der Waals surface area contributed by atoms with E-state index in [1.54, 1.807) is 12.1 Å². The van der Waals surface area contributed by atoms with Crippen LogP contribution < -0.4 is 5.32 Å². The zero-order chi connectivity index (χ0) is 10.1. The molecule has 4 nitrogen and oxygen atoms in total. The Bertz CT molecular complexity index is 377. The van der Waals surface area contributed by atoms with Gasteiger partial charge in [0.2, 0.25) is 0 Å². The topological polar surface area (TPSA) is 61.7 Å². The van der Waals surface area contributed by atoms with Crippen molar-refractivity contribution < 1.29 is 5.11 Å². The van der Waals surface area contributed by atoms with E-state index < -0.39 is 0 Å². The molecule has 0 amide bonds. The summed E-state index contributed by atoms with van der Waals surface area (Å²) in [6.07, 6.45) is 0.877. The number of nitrogens with zero attached hydrogens (tertiary/aromatic N) is 1. The highest BCUT2D eigenvalue weighted by Gasteiger charge is 2.18. The number of nitroso groups, excluding NO2 is 1. The van der Waals surface area contributed by atoms with Crippen LogP contribution in [0.25, 0.3) is 0 Å². The van der Waals surface area contributed by atoms with E-state index in [1.165, 1.54) is 0 Å². The van der Waals surface area contributed by atoms with Crippen molar-refractivity contribution in [3.8, 4) is 5.75 Å². The largest absolute Gasteiger partial charge is 0.506 e. The number of aromatic hydroxyl groups is 1. The first-order chi connectivity index (χ1) is 6.72. The lowest BCUT2D eigenvalue weighted by molar-refractivity contribution is 0.470. The maximum atomic E-state index is 10.4. The molecule has 1 atom stereocenters. The quantitative estimate of drug-likeness (QED) is 0.669. The van der Waals surface area contributed by atoms with Crippen molar-refractivity contribution >= 4 is 5.69 Å². The molecule has 4 heteroatoms. The van der Waals surface area contributed by atoms with Crippen LogP contribution in [0.2, 0.25) is 0 Å². The average Bonchev–Trinajstić information content (AvgIpc) is 2.19. The highest BCUT2D eigenvalue weighted by Crippen LogP contribution is 2.34. The van der Waals surface area contributed by atoms with Crippen molar-refractivity contribution in [1.82, 2.24) is 5.32 Å². The fourth-order valence-electron chi connectivity index (χ4n) is 1.86. The van der Waals surface area contributed by atoms with Gasteiger partial charge in [0.15, 0.2) is 0 Å². The Balaban J connectivity index is 2.53. The summed E-state index contributed by atoms with van der Waals surface area (Å²) in [5, 5.41) is 15.5. The first-order valence-electron chi connectivity index (χ1n) is 4.65. The average molecular weight is 192 g/mol. The van der Waals surface area contributed by atoms with Gasteiger partial charge >= 0.3 is 0 Å². The predicted molar refractivity (Wildman–Crippen MR) is 53.7 cm³/mol. The second-order valence-electron chi connectivity index (χ2n) is 3.56. The number of fused-ring (bicyclic) bond motifs is 1. The zero-order valence-electron chi connectivity index (χ0n) is 7.95. The third-order valence-corrected chi connectivity index (χ3v) is 2.65. The van der Waals surface area contributed by atoms with Crippen molar-refractivity contribution in [1.29, 1.82) is 0 Å². The van der Waals surface area contributed by atoms with Crippen molar-refractivity contribution in [2.75, 3.05) is 6.54 Å². The van der Waals surface area contributed by atoms with Crippen molar-refractivity contribution in [2.24, 2.45) is 5.18 Å². The second kappa shape index (κ2) is 3.38. The van der Waals surface area contributed by atoms with Crippen molar-refractivity contribution in [3.05, 3.63) is 28.2 Å². The smallest absolute Gasteiger partial charge is 0.149 e. The molecule has 0 aliphatic carbocycles. The number of nitrogens with one attached hydrogen (secondary N) is 1. The van der Waals surface area contributed by atoms with Gasteiger partial charge in [0, 0.05) is 6.04 Å². The highest BCUT2D eigenvalue weighted by atomic mass is 16.3. The van der Waals surface area contributed by atoms with Gasteiger partial charge in [-0.05, 0) is 48.3 Å². The number of rotatable bonds is 1. The first-order valence-corrected chi connectivity index (χ1v) is 4.65. The molecule has 1 unspecified atom stereocenters. The Kier molecular flexibility index (Phi) is 2.21. The molecular formula is C10H12N2O2. The van der Waals surface area contributed by atoms with Crippen LogP contribution in [0, 0.1) is 4.91 Å². The monoisotopic (exact) mass is 192 g/mol. The van der Waals surface area contributed by atoms with Crippen LogP contribution in [0.4, 0.5) is 5.69 Å². The van der Waals surface area contributed by atoms with Gasteiger partial charge in [0.25, 0.3) is 0 Å². The summed E-state index contributed by atoms with van der Waals surface area (Å²) < 4.78 is 0. The Morgan fingerprint density at radius 1 is 1.57 bits per heavy atom. The van der Waals surface area contributed by atoms with Crippen molar-refractivity contribution in [3.63, 3.8) is 0 Å². The first kappa shape index (κ1) is 9.15. The fraction of sp³-hybridized carbons (Fsp3) is 0.400. The summed E-state index contributed by atoms with van der Waals surface area (Å²) in [6, 6.07) is 3.53. The minimum Gasteiger partial charge on any atom is -0.506 e. The van der Waals surface area contributed by atoms with Crippen LogP contribution in [0.3, 0.4) is 0 Å². The molecular weight excluding hydrogens is 180 g/mol. The number of hydrogen-bond donors (Lipinski definition) is 2. The lowest BCUT2D eigenvalue weighted by Crippen LogP contribution is -2.27. The number of phenolic OH excluding ortho intramolecular Hbond substituents is 1. The Morgan fingerprint density at radius 2 is 2.36 bits per heavy atom.